The second-order valence-electron chi connectivity index (χ2n) is 12.9. The number of nitrogens with zero attached hydrogens (tertiary/aromatic N) is 1. The molecule has 6 atom stereocenters. The summed E-state index contributed by atoms with van der Waals surface area (Å²) in [6, 6.07) is 11.3. The molecule has 42 heavy (non-hydrogen) atoms. The van der Waals surface area contributed by atoms with Gasteiger partial charge in [0.1, 0.15) is 5.75 Å². The fraction of sp³-hybridized carbons (Fsp3) is 0.515. The Morgan fingerprint density at radius 1 is 1.07 bits per heavy atom. The van der Waals surface area contributed by atoms with E-state index in [0.717, 1.165) is 42.8 Å². The van der Waals surface area contributed by atoms with Crippen LogP contribution in [0.25, 0.3) is 0 Å². The first-order chi connectivity index (χ1) is 20.0. The molecule has 2 aliphatic heterocycles. The van der Waals surface area contributed by atoms with Crippen LogP contribution in [0.2, 0.25) is 5.02 Å². The summed E-state index contributed by atoms with van der Waals surface area (Å²) in [5.41, 5.74) is 3.21. The number of sulfonamides is 1. The molecule has 1 fully saturated rings. The van der Waals surface area contributed by atoms with Crippen molar-refractivity contribution in [2.75, 3.05) is 24.6 Å². The standard InChI is InChI=1S/C33H39ClN2O5S/c1-20-6-12-30(37)27-10-7-25(27)17-36-18-33(14-4-5-23-15-26(34)9-11-28(23)33)19-41-31-13-8-24(16-29(31)36)32(38)35-42(39,40)22(3)21(20)2/h6,8-9,11-13,15-16,20-22,25,27H,4-5,7,10,14,17-19H2,1-3H3,(H,35,38)/b12-6+/t20-,21+,22-,25+,27-,33+/m1/s1. The third-order valence-corrected chi connectivity index (χ3v) is 12.5. The maximum atomic E-state index is 13.4. The molecule has 9 heteroatoms. The average molecular weight is 611 g/mol. The molecule has 0 aromatic heterocycles. The summed E-state index contributed by atoms with van der Waals surface area (Å²) in [4.78, 5) is 29.0. The van der Waals surface area contributed by atoms with E-state index in [4.69, 9.17) is 16.3 Å². The summed E-state index contributed by atoms with van der Waals surface area (Å²) in [7, 11) is -3.97. The van der Waals surface area contributed by atoms with Crippen molar-refractivity contribution in [1.82, 2.24) is 4.72 Å². The zero-order valence-corrected chi connectivity index (χ0v) is 26.0. The maximum absolute atomic E-state index is 13.4. The predicted octanol–water partition coefficient (Wildman–Crippen LogP) is 5.70. The summed E-state index contributed by atoms with van der Waals surface area (Å²) in [6.07, 6.45) is 8.21. The predicted molar refractivity (Wildman–Crippen MR) is 165 cm³/mol. The lowest BCUT2D eigenvalue weighted by atomic mass is 9.68. The third kappa shape index (κ3) is 5.25. The van der Waals surface area contributed by atoms with Gasteiger partial charge in [0.25, 0.3) is 5.91 Å². The first-order valence-electron chi connectivity index (χ1n) is 15.1. The number of allylic oxidation sites excluding steroid dienone is 2. The highest BCUT2D eigenvalue weighted by atomic mass is 35.5. The number of fused-ring (bicyclic) bond motifs is 4. The van der Waals surface area contributed by atoms with Crippen molar-refractivity contribution in [2.45, 2.75) is 63.5 Å². The van der Waals surface area contributed by atoms with Crippen molar-refractivity contribution >= 4 is 39.0 Å². The molecular formula is C33H39ClN2O5S. The van der Waals surface area contributed by atoms with Gasteiger partial charge in [-0.3, -0.25) is 9.59 Å². The maximum Gasteiger partial charge on any atom is 0.264 e. The minimum absolute atomic E-state index is 0.0784. The molecule has 1 saturated carbocycles. The second-order valence-corrected chi connectivity index (χ2v) is 15.4. The normalized spacial score (nSPS) is 33.3. The van der Waals surface area contributed by atoms with Gasteiger partial charge in [-0.2, -0.15) is 0 Å². The monoisotopic (exact) mass is 610 g/mol. The van der Waals surface area contributed by atoms with Gasteiger partial charge in [0, 0.05) is 35.0 Å². The van der Waals surface area contributed by atoms with Crippen LogP contribution in [0.3, 0.4) is 0 Å². The molecule has 4 aliphatic rings. The quantitative estimate of drug-likeness (QED) is 0.411. The lowest BCUT2D eigenvalue weighted by Gasteiger charge is -2.44. The number of ether oxygens (including phenoxy) is 1. The number of nitrogens with one attached hydrogen (secondary N) is 1. The second kappa shape index (κ2) is 11.0. The molecule has 1 N–H and O–H groups in total. The number of anilines is 1. The number of ketones is 1. The molecule has 0 saturated heterocycles. The van der Waals surface area contributed by atoms with Crippen LogP contribution in [-0.2, 0) is 26.7 Å². The highest BCUT2D eigenvalue weighted by Gasteiger charge is 2.44. The van der Waals surface area contributed by atoms with Gasteiger partial charge in [-0.15, -0.1) is 0 Å². The number of aryl methyl sites for hydroxylation is 1. The number of benzene rings is 2. The fourth-order valence-electron chi connectivity index (χ4n) is 7.24. The van der Waals surface area contributed by atoms with Gasteiger partial charge in [0.05, 0.1) is 17.5 Å². The number of carbonyl (C=O) groups is 2. The lowest BCUT2D eigenvalue weighted by molar-refractivity contribution is -0.122. The van der Waals surface area contributed by atoms with E-state index in [0.29, 0.717) is 25.4 Å². The van der Waals surface area contributed by atoms with Crippen molar-refractivity contribution in [3.63, 3.8) is 0 Å². The van der Waals surface area contributed by atoms with E-state index < -0.39 is 21.2 Å². The Kier molecular flexibility index (Phi) is 7.67. The van der Waals surface area contributed by atoms with Crippen LogP contribution in [0.1, 0.15) is 67.9 Å². The summed E-state index contributed by atoms with van der Waals surface area (Å²) >= 11 is 6.38. The molecule has 224 valence electrons. The molecule has 2 heterocycles. The van der Waals surface area contributed by atoms with Crippen LogP contribution in [0.4, 0.5) is 5.69 Å². The van der Waals surface area contributed by atoms with Crippen LogP contribution < -0.4 is 14.4 Å². The van der Waals surface area contributed by atoms with Crippen LogP contribution >= 0.6 is 11.6 Å². The smallest absolute Gasteiger partial charge is 0.264 e. The van der Waals surface area contributed by atoms with E-state index in [9.17, 15) is 18.0 Å². The highest BCUT2D eigenvalue weighted by molar-refractivity contribution is 7.90. The summed E-state index contributed by atoms with van der Waals surface area (Å²) < 4.78 is 35.3. The molecule has 1 amide bonds. The van der Waals surface area contributed by atoms with Crippen LogP contribution in [0, 0.1) is 23.7 Å². The van der Waals surface area contributed by atoms with E-state index in [1.807, 2.05) is 26.0 Å². The fourth-order valence-corrected chi connectivity index (χ4v) is 8.81. The van der Waals surface area contributed by atoms with E-state index in [1.165, 1.54) is 11.1 Å². The van der Waals surface area contributed by atoms with Gasteiger partial charge >= 0.3 is 0 Å². The Morgan fingerprint density at radius 3 is 2.64 bits per heavy atom. The average Bonchev–Trinajstić information content (AvgIpc) is 3.09. The van der Waals surface area contributed by atoms with E-state index >= 15 is 0 Å². The van der Waals surface area contributed by atoms with E-state index in [-0.39, 0.29) is 40.4 Å². The first kappa shape index (κ1) is 29.2. The summed E-state index contributed by atoms with van der Waals surface area (Å²) in [6.45, 7) is 7.16. The van der Waals surface area contributed by atoms with Crippen molar-refractivity contribution in [3.8, 4) is 5.75 Å². The van der Waals surface area contributed by atoms with Crippen molar-refractivity contribution in [3.05, 3.63) is 70.3 Å². The summed E-state index contributed by atoms with van der Waals surface area (Å²) in [5, 5.41) is -0.109. The number of rotatable bonds is 0. The molecule has 0 unspecified atom stereocenters. The zero-order chi connectivity index (χ0) is 29.8. The Labute approximate surface area is 253 Å². The molecule has 2 aromatic rings. The van der Waals surface area contributed by atoms with Gasteiger partial charge in [-0.05, 0) is 104 Å². The first-order valence-corrected chi connectivity index (χ1v) is 17.0. The zero-order valence-electron chi connectivity index (χ0n) is 24.4. The van der Waals surface area contributed by atoms with Gasteiger partial charge in [0.15, 0.2) is 5.78 Å². The topological polar surface area (TPSA) is 92.8 Å². The molecule has 6 rings (SSSR count). The van der Waals surface area contributed by atoms with Gasteiger partial charge in [0.2, 0.25) is 10.0 Å². The van der Waals surface area contributed by atoms with E-state index in [1.54, 1.807) is 31.2 Å². The summed E-state index contributed by atoms with van der Waals surface area (Å²) in [5.74, 6) is -0.248. The Bertz CT molecular complexity index is 1560. The van der Waals surface area contributed by atoms with Crippen LogP contribution in [0.15, 0.2) is 48.6 Å². The molecule has 0 radical (unpaired) electrons. The van der Waals surface area contributed by atoms with Crippen molar-refractivity contribution in [2.24, 2.45) is 23.7 Å². The minimum atomic E-state index is -3.97. The van der Waals surface area contributed by atoms with Gasteiger partial charge in [-0.25, -0.2) is 13.1 Å². The van der Waals surface area contributed by atoms with Gasteiger partial charge < -0.3 is 9.64 Å². The number of hydrogen-bond donors (Lipinski definition) is 1. The van der Waals surface area contributed by atoms with E-state index in [2.05, 4.69) is 21.8 Å². The molecule has 2 bridgehead atoms. The molecule has 1 spiro atoms. The molecular weight excluding hydrogens is 572 g/mol. The highest BCUT2D eigenvalue weighted by Crippen LogP contribution is 2.46. The number of halogens is 1. The third-order valence-electron chi connectivity index (χ3n) is 10.4. The van der Waals surface area contributed by atoms with Crippen molar-refractivity contribution in [1.29, 1.82) is 0 Å². The molecule has 7 nitrogen and oxygen atoms in total. The Hall–Kier alpha value is -2.84. The number of amides is 1. The SMILES string of the molecule is C[C@H]1[C@H](C)/C=C/C(=O)[C@@H]2CC[C@H]2CN2C[C@@]3(CCCc4cc(Cl)ccc43)COc3ccc(cc32)C(=O)NS(=O)(=O)[C@@H]1C. The lowest BCUT2D eigenvalue weighted by Crippen LogP contribution is -2.49. The Balaban J connectivity index is 1.43. The van der Waals surface area contributed by atoms with Crippen LogP contribution in [-0.4, -0.2) is 45.1 Å². The largest absolute Gasteiger partial charge is 0.490 e. The van der Waals surface area contributed by atoms with Gasteiger partial charge in [-0.1, -0.05) is 37.6 Å². The molecule has 2 aromatic carbocycles. The minimum Gasteiger partial charge on any atom is -0.490 e. The Morgan fingerprint density at radius 2 is 1.88 bits per heavy atom. The number of hydrogen-bond acceptors (Lipinski definition) is 6. The number of carbonyl (C=O) groups excluding carboxylic acids is 2. The van der Waals surface area contributed by atoms with Crippen LogP contribution in [0.5, 0.6) is 5.75 Å². The van der Waals surface area contributed by atoms with Crippen molar-refractivity contribution < 1.29 is 22.7 Å². The molecule has 2 aliphatic carbocycles.